The minimum Gasteiger partial charge on any atom is -0.494 e. The molecule has 2 N–H and O–H groups in total. The van der Waals surface area contributed by atoms with Crippen molar-refractivity contribution in [1.29, 1.82) is 0 Å². The first-order valence-electron chi connectivity index (χ1n) is 7.39. The molecule has 25 heavy (non-hydrogen) atoms. The van der Waals surface area contributed by atoms with Gasteiger partial charge in [-0.15, -0.1) is 0 Å². The number of halogens is 2. The van der Waals surface area contributed by atoms with Crippen LogP contribution >= 0.6 is 23.2 Å². The highest BCUT2D eigenvalue weighted by molar-refractivity contribution is 6.35. The monoisotopic (exact) mass is 382 g/mol. The molecule has 2 rings (SSSR count). The van der Waals surface area contributed by atoms with Gasteiger partial charge in [-0.2, -0.15) is 0 Å². The largest absolute Gasteiger partial charge is 0.494 e. The fraction of sp³-hybridized carbons (Fsp3) is 0.176. The number of benzene rings is 2. The standard InChI is InChI=1S/C17H16Cl2N2O4/c1-2-24-13-5-3-4-11(8-13)17(23)21-20-16(22)10-25-15-7-6-12(18)9-14(15)19/h3-9H,2,10H2,1H3,(H,20,22)(H,21,23). The Hall–Kier alpha value is -2.44. The van der Waals surface area contributed by atoms with E-state index in [4.69, 9.17) is 32.7 Å². The highest BCUT2D eigenvalue weighted by Crippen LogP contribution is 2.27. The van der Waals surface area contributed by atoms with Gasteiger partial charge in [0.05, 0.1) is 11.6 Å². The fourth-order valence-electron chi connectivity index (χ4n) is 1.86. The minimum atomic E-state index is -0.541. The van der Waals surface area contributed by atoms with E-state index in [9.17, 15) is 9.59 Å². The summed E-state index contributed by atoms with van der Waals surface area (Å²) in [7, 11) is 0. The summed E-state index contributed by atoms with van der Waals surface area (Å²) in [5, 5.41) is 0.750. The molecule has 0 unspecified atom stereocenters. The zero-order valence-electron chi connectivity index (χ0n) is 13.3. The first-order chi connectivity index (χ1) is 12.0. The second-order valence-electron chi connectivity index (χ2n) is 4.83. The molecular formula is C17H16Cl2N2O4. The number of nitrogens with one attached hydrogen (secondary N) is 2. The van der Waals surface area contributed by atoms with Gasteiger partial charge in [-0.05, 0) is 43.3 Å². The number of amides is 2. The number of hydrogen-bond donors (Lipinski definition) is 2. The molecule has 0 radical (unpaired) electrons. The van der Waals surface area contributed by atoms with Gasteiger partial charge in [0.2, 0.25) is 0 Å². The first-order valence-corrected chi connectivity index (χ1v) is 8.15. The van der Waals surface area contributed by atoms with Crippen molar-refractivity contribution in [1.82, 2.24) is 10.9 Å². The molecule has 0 spiro atoms. The van der Waals surface area contributed by atoms with Gasteiger partial charge in [-0.3, -0.25) is 20.4 Å². The summed E-state index contributed by atoms with van der Waals surface area (Å²) in [6, 6.07) is 11.3. The lowest BCUT2D eigenvalue weighted by molar-refractivity contribution is -0.123. The Balaban J connectivity index is 1.83. The third kappa shape index (κ3) is 5.85. The van der Waals surface area contributed by atoms with Crippen molar-refractivity contribution in [3.63, 3.8) is 0 Å². The van der Waals surface area contributed by atoms with E-state index in [-0.39, 0.29) is 11.6 Å². The van der Waals surface area contributed by atoms with Gasteiger partial charge in [0.25, 0.3) is 11.8 Å². The fourth-order valence-corrected chi connectivity index (χ4v) is 2.33. The van der Waals surface area contributed by atoms with E-state index < -0.39 is 11.8 Å². The van der Waals surface area contributed by atoms with Gasteiger partial charge >= 0.3 is 0 Å². The number of hydrogen-bond acceptors (Lipinski definition) is 4. The van der Waals surface area contributed by atoms with Gasteiger partial charge in [-0.1, -0.05) is 29.3 Å². The Bertz CT molecular complexity index is 768. The molecule has 0 saturated heterocycles. The van der Waals surface area contributed by atoms with E-state index in [0.29, 0.717) is 28.7 Å². The lowest BCUT2D eigenvalue weighted by atomic mass is 10.2. The molecule has 132 valence electrons. The molecule has 0 bridgehead atoms. The van der Waals surface area contributed by atoms with Crippen molar-refractivity contribution in [3.8, 4) is 11.5 Å². The smallest absolute Gasteiger partial charge is 0.276 e. The maximum absolute atomic E-state index is 12.0. The average molecular weight is 383 g/mol. The molecule has 0 heterocycles. The topological polar surface area (TPSA) is 76.7 Å². The molecule has 0 atom stereocenters. The predicted octanol–water partition coefficient (Wildman–Crippen LogP) is 3.23. The molecule has 0 fully saturated rings. The molecule has 0 aromatic heterocycles. The molecule has 2 aromatic carbocycles. The Kier molecular flexibility index (Phi) is 6.91. The third-order valence-electron chi connectivity index (χ3n) is 2.98. The van der Waals surface area contributed by atoms with Crippen LogP contribution in [0.4, 0.5) is 0 Å². The zero-order valence-corrected chi connectivity index (χ0v) is 14.9. The molecule has 0 saturated carbocycles. The van der Waals surface area contributed by atoms with Gasteiger partial charge in [-0.25, -0.2) is 0 Å². The number of carbonyl (C=O) groups excluding carboxylic acids is 2. The summed E-state index contributed by atoms with van der Waals surface area (Å²) in [5.74, 6) is -0.126. The Morgan fingerprint density at radius 1 is 1.04 bits per heavy atom. The number of ether oxygens (including phenoxy) is 2. The molecule has 0 aliphatic heterocycles. The summed E-state index contributed by atoms with van der Waals surface area (Å²) >= 11 is 11.7. The predicted molar refractivity (Wildman–Crippen MR) is 95.2 cm³/mol. The zero-order chi connectivity index (χ0) is 18.2. The van der Waals surface area contributed by atoms with Crippen molar-refractivity contribution in [2.24, 2.45) is 0 Å². The number of hydrazine groups is 1. The van der Waals surface area contributed by atoms with E-state index in [1.54, 1.807) is 36.4 Å². The first kappa shape index (κ1) is 18.9. The van der Waals surface area contributed by atoms with Crippen molar-refractivity contribution < 1.29 is 19.1 Å². The maximum atomic E-state index is 12.0. The van der Waals surface area contributed by atoms with Gasteiger partial charge in [0, 0.05) is 10.6 Å². The highest BCUT2D eigenvalue weighted by atomic mass is 35.5. The van der Waals surface area contributed by atoms with Gasteiger partial charge < -0.3 is 9.47 Å². The van der Waals surface area contributed by atoms with E-state index in [1.807, 2.05) is 6.92 Å². The minimum absolute atomic E-state index is 0.289. The summed E-state index contributed by atoms with van der Waals surface area (Å²) in [5.41, 5.74) is 4.91. The molecular weight excluding hydrogens is 367 g/mol. The molecule has 2 amide bonds. The highest BCUT2D eigenvalue weighted by Gasteiger charge is 2.10. The van der Waals surface area contributed by atoms with Crippen LogP contribution in [-0.2, 0) is 4.79 Å². The van der Waals surface area contributed by atoms with Crippen LogP contribution in [0.25, 0.3) is 0 Å². The molecule has 0 aliphatic carbocycles. The van der Waals surface area contributed by atoms with Crippen LogP contribution in [0.2, 0.25) is 10.0 Å². The summed E-state index contributed by atoms with van der Waals surface area (Å²) in [6.45, 7) is 2.02. The molecule has 8 heteroatoms. The maximum Gasteiger partial charge on any atom is 0.276 e. The summed E-state index contributed by atoms with van der Waals surface area (Å²) in [6.07, 6.45) is 0. The Morgan fingerprint density at radius 3 is 2.56 bits per heavy atom. The number of rotatable bonds is 6. The van der Waals surface area contributed by atoms with E-state index in [1.165, 1.54) is 6.07 Å². The van der Waals surface area contributed by atoms with Crippen LogP contribution in [-0.4, -0.2) is 25.0 Å². The molecule has 0 aliphatic rings. The van der Waals surface area contributed by atoms with Crippen molar-refractivity contribution in [2.45, 2.75) is 6.92 Å². The van der Waals surface area contributed by atoms with Crippen LogP contribution in [0.15, 0.2) is 42.5 Å². The van der Waals surface area contributed by atoms with Crippen LogP contribution in [0.5, 0.6) is 11.5 Å². The number of carbonyl (C=O) groups is 2. The summed E-state index contributed by atoms with van der Waals surface area (Å²) in [4.78, 5) is 23.8. The van der Waals surface area contributed by atoms with Crippen molar-refractivity contribution in [3.05, 3.63) is 58.1 Å². The van der Waals surface area contributed by atoms with Crippen molar-refractivity contribution >= 4 is 35.0 Å². The van der Waals surface area contributed by atoms with Gasteiger partial charge in [0.15, 0.2) is 6.61 Å². The molecule has 2 aromatic rings. The lowest BCUT2D eigenvalue weighted by Gasteiger charge is -2.10. The van der Waals surface area contributed by atoms with Crippen LogP contribution in [0.1, 0.15) is 17.3 Å². The van der Waals surface area contributed by atoms with Gasteiger partial charge in [0.1, 0.15) is 11.5 Å². The van der Waals surface area contributed by atoms with Crippen LogP contribution in [0, 0.1) is 0 Å². The quantitative estimate of drug-likeness (QED) is 0.751. The van der Waals surface area contributed by atoms with Crippen LogP contribution < -0.4 is 20.3 Å². The Morgan fingerprint density at radius 2 is 1.84 bits per heavy atom. The second kappa shape index (κ2) is 9.15. The third-order valence-corrected chi connectivity index (χ3v) is 3.51. The molecule has 6 nitrogen and oxygen atoms in total. The van der Waals surface area contributed by atoms with E-state index in [0.717, 1.165) is 0 Å². The van der Waals surface area contributed by atoms with E-state index in [2.05, 4.69) is 10.9 Å². The Labute approximate surface area is 155 Å². The normalized spacial score (nSPS) is 10.0. The lowest BCUT2D eigenvalue weighted by Crippen LogP contribution is -2.43. The van der Waals surface area contributed by atoms with Crippen molar-refractivity contribution in [2.75, 3.05) is 13.2 Å². The average Bonchev–Trinajstić information content (AvgIpc) is 2.59. The summed E-state index contributed by atoms with van der Waals surface area (Å²) < 4.78 is 10.6. The van der Waals surface area contributed by atoms with E-state index >= 15 is 0 Å². The van der Waals surface area contributed by atoms with Crippen LogP contribution in [0.3, 0.4) is 0 Å². The second-order valence-corrected chi connectivity index (χ2v) is 5.67. The SMILES string of the molecule is CCOc1cccc(C(=O)NNC(=O)COc2ccc(Cl)cc2Cl)c1.